The van der Waals surface area contributed by atoms with Gasteiger partial charge in [-0.15, -0.1) is 11.8 Å². The van der Waals surface area contributed by atoms with Gasteiger partial charge in [-0.05, 0) is 24.0 Å². The van der Waals surface area contributed by atoms with Crippen molar-refractivity contribution >= 4 is 17.6 Å². The fourth-order valence-electron chi connectivity index (χ4n) is 1.58. The van der Waals surface area contributed by atoms with E-state index in [2.05, 4.69) is 5.10 Å². The summed E-state index contributed by atoms with van der Waals surface area (Å²) in [6.45, 7) is 0. The Morgan fingerprint density at radius 1 is 1.29 bits per heavy atom. The van der Waals surface area contributed by atoms with Crippen molar-refractivity contribution in [2.45, 2.75) is 4.90 Å². The SMILES string of the molecule is CSc1c(F)cc(-c2cnn(C)c2N)cc1F. The first kappa shape index (κ1) is 11.9. The lowest BCUT2D eigenvalue weighted by Crippen LogP contribution is -1.98. The molecule has 3 nitrogen and oxygen atoms in total. The Kier molecular flexibility index (Phi) is 3.06. The number of nitrogens with zero attached hydrogens (tertiary/aromatic N) is 2. The first-order valence-electron chi connectivity index (χ1n) is 4.85. The number of thioether (sulfide) groups is 1. The van der Waals surface area contributed by atoms with E-state index in [1.165, 1.54) is 23.0 Å². The third-order valence-electron chi connectivity index (χ3n) is 2.50. The minimum atomic E-state index is -0.587. The highest BCUT2D eigenvalue weighted by Gasteiger charge is 2.14. The number of anilines is 1. The normalized spacial score (nSPS) is 10.8. The molecule has 0 bridgehead atoms. The molecular weight excluding hydrogens is 244 g/mol. The highest BCUT2D eigenvalue weighted by atomic mass is 32.2. The fraction of sp³-hybridized carbons (Fsp3) is 0.182. The molecule has 90 valence electrons. The number of benzene rings is 1. The monoisotopic (exact) mass is 255 g/mol. The van der Waals surface area contributed by atoms with Gasteiger partial charge in [0.15, 0.2) is 0 Å². The van der Waals surface area contributed by atoms with Crippen molar-refractivity contribution in [3.8, 4) is 11.1 Å². The van der Waals surface area contributed by atoms with E-state index in [9.17, 15) is 8.78 Å². The Bertz CT molecular complexity index is 543. The first-order chi connectivity index (χ1) is 8.04. The smallest absolute Gasteiger partial charge is 0.140 e. The molecule has 0 aliphatic rings. The number of rotatable bonds is 2. The van der Waals surface area contributed by atoms with Crippen LogP contribution < -0.4 is 5.73 Å². The van der Waals surface area contributed by atoms with Gasteiger partial charge in [0, 0.05) is 12.6 Å². The standard InChI is InChI=1S/C11H11F2N3S/c1-16-11(14)7(5-15-16)6-3-8(12)10(17-2)9(13)4-6/h3-5H,14H2,1-2H3. The maximum Gasteiger partial charge on any atom is 0.140 e. The van der Waals surface area contributed by atoms with E-state index in [0.29, 0.717) is 16.9 Å². The lowest BCUT2D eigenvalue weighted by Gasteiger charge is -2.05. The van der Waals surface area contributed by atoms with E-state index in [0.717, 1.165) is 11.8 Å². The molecule has 0 saturated heterocycles. The number of halogens is 2. The second-order valence-electron chi connectivity index (χ2n) is 3.54. The molecule has 0 radical (unpaired) electrons. The highest BCUT2D eigenvalue weighted by Crippen LogP contribution is 2.31. The van der Waals surface area contributed by atoms with Crippen LogP contribution in [0.3, 0.4) is 0 Å². The number of nitrogen functional groups attached to an aromatic ring is 1. The summed E-state index contributed by atoms with van der Waals surface area (Å²) in [5, 5.41) is 3.94. The zero-order valence-electron chi connectivity index (χ0n) is 9.37. The van der Waals surface area contributed by atoms with Crippen molar-refractivity contribution in [3.05, 3.63) is 30.0 Å². The van der Waals surface area contributed by atoms with Crippen molar-refractivity contribution in [1.29, 1.82) is 0 Å². The molecule has 0 saturated carbocycles. The van der Waals surface area contributed by atoms with Crippen LogP contribution in [-0.4, -0.2) is 16.0 Å². The molecule has 1 aromatic heterocycles. The van der Waals surface area contributed by atoms with E-state index in [1.54, 1.807) is 13.3 Å². The summed E-state index contributed by atoms with van der Waals surface area (Å²) in [4.78, 5) is 0.0104. The molecule has 0 aliphatic carbocycles. The average Bonchev–Trinajstić information content (AvgIpc) is 2.59. The average molecular weight is 255 g/mol. The van der Waals surface area contributed by atoms with Crippen LogP contribution in [0.5, 0.6) is 0 Å². The number of hydrogen-bond acceptors (Lipinski definition) is 3. The van der Waals surface area contributed by atoms with Gasteiger partial charge in [-0.2, -0.15) is 5.10 Å². The van der Waals surface area contributed by atoms with E-state index >= 15 is 0 Å². The summed E-state index contributed by atoms with van der Waals surface area (Å²) >= 11 is 1.03. The molecule has 0 fully saturated rings. The summed E-state index contributed by atoms with van der Waals surface area (Å²) in [6, 6.07) is 2.53. The van der Waals surface area contributed by atoms with Crippen LogP contribution in [0.25, 0.3) is 11.1 Å². The van der Waals surface area contributed by atoms with Crippen molar-refractivity contribution in [2.24, 2.45) is 7.05 Å². The largest absolute Gasteiger partial charge is 0.383 e. The fourth-order valence-corrected chi connectivity index (χ4v) is 2.09. The van der Waals surface area contributed by atoms with Gasteiger partial charge in [0.2, 0.25) is 0 Å². The Balaban J connectivity index is 2.58. The second kappa shape index (κ2) is 4.37. The van der Waals surface area contributed by atoms with E-state index in [1.807, 2.05) is 0 Å². The van der Waals surface area contributed by atoms with Crippen LogP contribution in [0.4, 0.5) is 14.6 Å². The van der Waals surface area contributed by atoms with Crippen molar-refractivity contribution in [3.63, 3.8) is 0 Å². The quantitative estimate of drug-likeness (QED) is 0.839. The minimum absolute atomic E-state index is 0.0104. The Morgan fingerprint density at radius 2 is 1.88 bits per heavy atom. The molecule has 2 rings (SSSR count). The second-order valence-corrected chi connectivity index (χ2v) is 4.36. The third-order valence-corrected chi connectivity index (χ3v) is 3.30. The minimum Gasteiger partial charge on any atom is -0.383 e. The van der Waals surface area contributed by atoms with Gasteiger partial charge in [0.25, 0.3) is 0 Å². The van der Waals surface area contributed by atoms with Crippen LogP contribution in [0.1, 0.15) is 0 Å². The molecule has 0 spiro atoms. The Morgan fingerprint density at radius 3 is 2.29 bits per heavy atom. The van der Waals surface area contributed by atoms with Crippen LogP contribution in [0, 0.1) is 11.6 Å². The maximum absolute atomic E-state index is 13.6. The van der Waals surface area contributed by atoms with E-state index in [4.69, 9.17) is 5.73 Å². The molecular formula is C11H11F2N3S. The molecule has 1 aromatic carbocycles. The van der Waals surface area contributed by atoms with Crippen molar-refractivity contribution in [2.75, 3.05) is 12.0 Å². The molecule has 1 heterocycles. The van der Waals surface area contributed by atoms with Crippen LogP contribution in [0.15, 0.2) is 23.2 Å². The molecule has 17 heavy (non-hydrogen) atoms. The lowest BCUT2D eigenvalue weighted by molar-refractivity contribution is 0.542. The molecule has 0 unspecified atom stereocenters. The summed E-state index contributed by atoms with van der Waals surface area (Å²) in [5.74, 6) is -0.799. The predicted octanol–water partition coefficient (Wildman–Crippen LogP) is 2.67. The summed E-state index contributed by atoms with van der Waals surface area (Å²) in [6.07, 6.45) is 3.11. The van der Waals surface area contributed by atoms with Gasteiger partial charge in [-0.25, -0.2) is 8.78 Å². The van der Waals surface area contributed by atoms with Crippen molar-refractivity contribution < 1.29 is 8.78 Å². The third kappa shape index (κ3) is 2.00. The van der Waals surface area contributed by atoms with Gasteiger partial charge in [0.1, 0.15) is 17.5 Å². The van der Waals surface area contributed by atoms with Gasteiger partial charge >= 0.3 is 0 Å². The molecule has 2 aromatic rings. The van der Waals surface area contributed by atoms with Gasteiger partial charge < -0.3 is 5.73 Å². The van der Waals surface area contributed by atoms with Crippen LogP contribution in [0.2, 0.25) is 0 Å². The van der Waals surface area contributed by atoms with Crippen LogP contribution in [-0.2, 0) is 7.05 Å². The summed E-state index contributed by atoms with van der Waals surface area (Å²) in [7, 11) is 1.67. The molecule has 6 heteroatoms. The first-order valence-corrected chi connectivity index (χ1v) is 6.08. The van der Waals surface area contributed by atoms with Crippen molar-refractivity contribution in [1.82, 2.24) is 9.78 Å². The van der Waals surface area contributed by atoms with Gasteiger partial charge in [-0.3, -0.25) is 4.68 Å². The number of hydrogen-bond donors (Lipinski definition) is 1. The number of aromatic nitrogens is 2. The molecule has 0 atom stereocenters. The summed E-state index contributed by atoms with van der Waals surface area (Å²) < 4.78 is 28.7. The van der Waals surface area contributed by atoms with E-state index in [-0.39, 0.29) is 4.90 Å². The number of aryl methyl sites for hydroxylation is 1. The molecule has 2 N–H and O–H groups in total. The summed E-state index contributed by atoms with van der Waals surface area (Å²) in [5.41, 5.74) is 6.67. The maximum atomic E-state index is 13.6. The number of nitrogens with two attached hydrogens (primary N) is 1. The van der Waals surface area contributed by atoms with E-state index < -0.39 is 11.6 Å². The lowest BCUT2D eigenvalue weighted by atomic mass is 10.1. The predicted molar refractivity (Wildman–Crippen MR) is 64.8 cm³/mol. The molecule has 0 amide bonds. The highest BCUT2D eigenvalue weighted by molar-refractivity contribution is 7.98. The zero-order chi connectivity index (χ0) is 12.6. The Hall–Kier alpha value is -1.56. The van der Waals surface area contributed by atoms with Gasteiger partial charge in [0.05, 0.1) is 11.1 Å². The zero-order valence-corrected chi connectivity index (χ0v) is 10.2. The van der Waals surface area contributed by atoms with Crippen LogP contribution >= 0.6 is 11.8 Å². The molecule has 0 aliphatic heterocycles. The Labute approximate surface area is 102 Å². The van der Waals surface area contributed by atoms with Gasteiger partial charge in [-0.1, -0.05) is 0 Å². The topological polar surface area (TPSA) is 43.8 Å².